The molecule has 1 N–H and O–H groups in total. The summed E-state index contributed by atoms with van der Waals surface area (Å²) in [7, 11) is 1.64. The van der Waals surface area contributed by atoms with Crippen LogP contribution in [-0.4, -0.2) is 17.2 Å². The van der Waals surface area contributed by atoms with Gasteiger partial charge in [0.2, 0.25) is 0 Å². The summed E-state index contributed by atoms with van der Waals surface area (Å²) in [6.07, 6.45) is 0. The molecule has 1 aromatic heterocycles. The molecule has 0 aliphatic carbocycles. The van der Waals surface area contributed by atoms with Crippen molar-refractivity contribution in [2.45, 2.75) is 33.0 Å². The van der Waals surface area contributed by atoms with Crippen LogP contribution >= 0.6 is 11.3 Å². The lowest BCUT2D eigenvalue weighted by molar-refractivity contribution is 0.0782. The van der Waals surface area contributed by atoms with E-state index in [9.17, 15) is 5.11 Å². The SMILES string of the molecule is COCc1nc(-c2cccc(C)c2)sc1C(C)(C)O. The molecule has 0 saturated heterocycles. The Hall–Kier alpha value is -1.23. The summed E-state index contributed by atoms with van der Waals surface area (Å²) in [5, 5.41) is 11.2. The Labute approximate surface area is 117 Å². The number of hydrogen-bond acceptors (Lipinski definition) is 4. The number of aromatic nitrogens is 1. The number of nitrogens with zero attached hydrogens (tertiary/aromatic N) is 1. The Morgan fingerprint density at radius 1 is 1.37 bits per heavy atom. The van der Waals surface area contributed by atoms with E-state index in [0.29, 0.717) is 6.61 Å². The quantitative estimate of drug-likeness (QED) is 0.930. The number of thiazole rings is 1. The van der Waals surface area contributed by atoms with Gasteiger partial charge in [-0.15, -0.1) is 11.3 Å². The molecule has 0 bridgehead atoms. The van der Waals surface area contributed by atoms with Crippen molar-refractivity contribution >= 4 is 11.3 Å². The molecule has 4 heteroatoms. The second kappa shape index (κ2) is 5.41. The maximum absolute atomic E-state index is 10.2. The molecular formula is C15H19NO2S. The van der Waals surface area contributed by atoms with E-state index in [1.165, 1.54) is 16.9 Å². The third-order valence-electron chi connectivity index (χ3n) is 2.80. The van der Waals surface area contributed by atoms with Gasteiger partial charge in [0.05, 0.1) is 22.8 Å². The fourth-order valence-corrected chi connectivity index (χ4v) is 3.03. The van der Waals surface area contributed by atoms with E-state index in [1.54, 1.807) is 21.0 Å². The van der Waals surface area contributed by atoms with Gasteiger partial charge in [0.1, 0.15) is 5.01 Å². The van der Waals surface area contributed by atoms with Crippen molar-refractivity contribution in [1.82, 2.24) is 4.98 Å². The van der Waals surface area contributed by atoms with Crippen LogP contribution in [0.5, 0.6) is 0 Å². The second-order valence-electron chi connectivity index (χ2n) is 5.16. The van der Waals surface area contributed by atoms with Crippen LogP contribution < -0.4 is 0 Å². The molecule has 3 nitrogen and oxygen atoms in total. The Bertz CT molecular complexity index is 570. The summed E-state index contributed by atoms with van der Waals surface area (Å²) in [5.74, 6) is 0. The number of hydrogen-bond donors (Lipinski definition) is 1. The molecule has 0 atom stereocenters. The molecule has 1 heterocycles. The Morgan fingerprint density at radius 3 is 2.68 bits per heavy atom. The molecule has 19 heavy (non-hydrogen) atoms. The van der Waals surface area contributed by atoms with Crippen LogP contribution in [0, 0.1) is 6.92 Å². The maximum Gasteiger partial charge on any atom is 0.124 e. The Kier molecular flexibility index (Phi) is 4.04. The third kappa shape index (κ3) is 3.21. The van der Waals surface area contributed by atoms with Gasteiger partial charge < -0.3 is 9.84 Å². The van der Waals surface area contributed by atoms with Crippen molar-refractivity contribution < 1.29 is 9.84 Å². The minimum absolute atomic E-state index is 0.418. The molecule has 0 spiro atoms. The fraction of sp³-hybridized carbons (Fsp3) is 0.400. The van der Waals surface area contributed by atoms with E-state index in [2.05, 4.69) is 24.0 Å². The van der Waals surface area contributed by atoms with E-state index in [4.69, 9.17) is 4.74 Å². The summed E-state index contributed by atoms with van der Waals surface area (Å²) in [5.41, 5.74) is 2.20. The van der Waals surface area contributed by atoms with Gasteiger partial charge in [-0.25, -0.2) is 4.98 Å². The van der Waals surface area contributed by atoms with Crippen molar-refractivity contribution in [1.29, 1.82) is 0 Å². The van der Waals surface area contributed by atoms with E-state index in [0.717, 1.165) is 21.1 Å². The average molecular weight is 277 g/mol. The van der Waals surface area contributed by atoms with Crippen LogP contribution in [0.4, 0.5) is 0 Å². The first-order valence-electron chi connectivity index (χ1n) is 6.20. The van der Waals surface area contributed by atoms with Crippen LogP contribution in [0.3, 0.4) is 0 Å². The van der Waals surface area contributed by atoms with E-state index < -0.39 is 5.60 Å². The van der Waals surface area contributed by atoms with E-state index >= 15 is 0 Å². The first kappa shape index (κ1) is 14.2. The van der Waals surface area contributed by atoms with Crippen LogP contribution in [0.15, 0.2) is 24.3 Å². The zero-order valence-electron chi connectivity index (χ0n) is 11.7. The highest BCUT2D eigenvalue weighted by molar-refractivity contribution is 7.15. The number of ether oxygens (including phenoxy) is 1. The summed E-state index contributed by atoms with van der Waals surface area (Å²) in [6, 6.07) is 8.22. The van der Waals surface area contributed by atoms with Crippen molar-refractivity contribution in [2.24, 2.45) is 0 Å². The molecule has 0 unspecified atom stereocenters. The Balaban J connectivity index is 2.48. The first-order chi connectivity index (χ1) is 8.91. The highest BCUT2D eigenvalue weighted by Crippen LogP contribution is 2.35. The van der Waals surface area contributed by atoms with Crippen LogP contribution in [0.1, 0.15) is 30.0 Å². The lowest BCUT2D eigenvalue weighted by atomic mass is 10.1. The van der Waals surface area contributed by atoms with Gasteiger partial charge in [0.25, 0.3) is 0 Å². The molecule has 0 radical (unpaired) electrons. The van der Waals surface area contributed by atoms with Crippen LogP contribution in [0.25, 0.3) is 10.6 Å². The number of benzene rings is 1. The monoisotopic (exact) mass is 277 g/mol. The summed E-state index contributed by atoms with van der Waals surface area (Å²) in [6.45, 7) is 6.03. The molecular weight excluding hydrogens is 258 g/mol. The highest BCUT2D eigenvalue weighted by atomic mass is 32.1. The zero-order valence-corrected chi connectivity index (χ0v) is 12.5. The predicted molar refractivity (Wildman–Crippen MR) is 78.2 cm³/mol. The smallest absolute Gasteiger partial charge is 0.124 e. The standard InChI is InChI=1S/C15H19NO2S/c1-10-6-5-7-11(8-10)14-16-12(9-18-4)13(19-14)15(2,3)17/h5-8,17H,9H2,1-4H3. The van der Waals surface area contributed by atoms with Gasteiger partial charge in [-0.1, -0.05) is 23.8 Å². The summed E-state index contributed by atoms with van der Waals surface area (Å²) < 4.78 is 5.17. The molecule has 0 saturated carbocycles. The molecule has 0 amide bonds. The van der Waals surface area contributed by atoms with Crippen molar-refractivity contribution in [3.8, 4) is 10.6 Å². The highest BCUT2D eigenvalue weighted by Gasteiger charge is 2.25. The Morgan fingerprint density at radius 2 is 2.11 bits per heavy atom. The number of aliphatic hydroxyl groups is 1. The van der Waals surface area contributed by atoms with Gasteiger partial charge in [0.15, 0.2) is 0 Å². The number of rotatable bonds is 4. The molecule has 2 aromatic rings. The average Bonchev–Trinajstić information content (AvgIpc) is 2.73. The normalized spacial score (nSPS) is 11.8. The van der Waals surface area contributed by atoms with Crippen molar-refractivity contribution in [2.75, 3.05) is 7.11 Å². The largest absolute Gasteiger partial charge is 0.385 e. The zero-order chi connectivity index (χ0) is 14.0. The number of methoxy groups -OCH3 is 1. The fourth-order valence-electron chi connectivity index (χ4n) is 1.97. The topological polar surface area (TPSA) is 42.4 Å². The molecule has 102 valence electrons. The van der Waals surface area contributed by atoms with Crippen LogP contribution in [0.2, 0.25) is 0 Å². The minimum atomic E-state index is -0.895. The van der Waals surface area contributed by atoms with Gasteiger partial charge >= 0.3 is 0 Å². The second-order valence-corrected chi connectivity index (χ2v) is 6.16. The van der Waals surface area contributed by atoms with Crippen molar-refractivity contribution in [3.05, 3.63) is 40.4 Å². The molecule has 0 fully saturated rings. The van der Waals surface area contributed by atoms with Gasteiger partial charge in [-0.2, -0.15) is 0 Å². The van der Waals surface area contributed by atoms with Gasteiger partial charge in [-0.05, 0) is 26.8 Å². The van der Waals surface area contributed by atoms with Gasteiger partial charge in [-0.3, -0.25) is 0 Å². The lowest BCUT2D eigenvalue weighted by Gasteiger charge is -2.16. The van der Waals surface area contributed by atoms with E-state index in [1.807, 2.05) is 12.1 Å². The summed E-state index contributed by atoms with van der Waals surface area (Å²) >= 11 is 1.53. The lowest BCUT2D eigenvalue weighted by Crippen LogP contribution is -2.16. The number of aryl methyl sites for hydroxylation is 1. The molecule has 0 aliphatic heterocycles. The minimum Gasteiger partial charge on any atom is -0.385 e. The summed E-state index contributed by atoms with van der Waals surface area (Å²) in [4.78, 5) is 5.48. The van der Waals surface area contributed by atoms with E-state index in [-0.39, 0.29) is 0 Å². The maximum atomic E-state index is 10.2. The molecule has 2 rings (SSSR count). The predicted octanol–water partition coefficient (Wildman–Crippen LogP) is 3.49. The molecule has 0 aliphatic rings. The van der Waals surface area contributed by atoms with Crippen molar-refractivity contribution in [3.63, 3.8) is 0 Å². The van der Waals surface area contributed by atoms with Gasteiger partial charge in [0, 0.05) is 12.7 Å². The van der Waals surface area contributed by atoms with Crippen LogP contribution in [-0.2, 0) is 16.9 Å². The first-order valence-corrected chi connectivity index (χ1v) is 7.02. The third-order valence-corrected chi connectivity index (χ3v) is 4.26. The molecule has 1 aromatic carbocycles.